The van der Waals surface area contributed by atoms with Gasteiger partial charge in [-0.25, -0.2) is 9.79 Å². The number of methoxy groups -OCH3 is 1. The van der Waals surface area contributed by atoms with E-state index < -0.39 is 12.0 Å². The lowest BCUT2D eigenvalue weighted by Crippen LogP contribution is -2.39. The molecule has 1 atom stereocenters. The van der Waals surface area contributed by atoms with Gasteiger partial charge in [0.05, 0.1) is 36.5 Å². The molecule has 0 fully saturated rings. The summed E-state index contributed by atoms with van der Waals surface area (Å²) in [4.78, 5) is 31.9. The molecule has 1 aliphatic rings. The first-order valence-electron chi connectivity index (χ1n) is 13.1. The molecule has 0 spiro atoms. The third-order valence-electron chi connectivity index (χ3n) is 6.53. The Morgan fingerprint density at radius 1 is 1.05 bits per heavy atom. The van der Waals surface area contributed by atoms with Crippen LogP contribution in [0.5, 0.6) is 17.2 Å². The number of aromatic nitrogens is 1. The lowest BCUT2D eigenvalue weighted by molar-refractivity contribution is -0.136. The van der Waals surface area contributed by atoms with Gasteiger partial charge in [0.25, 0.3) is 5.56 Å². The summed E-state index contributed by atoms with van der Waals surface area (Å²) in [6.07, 6.45) is 8.70. The fourth-order valence-electron chi connectivity index (χ4n) is 4.79. The Labute approximate surface area is 240 Å². The Hall–Kier alpha value is -4.81. The van der Waals surface area contributed by atoms with Gasteiger partial charge in [0.15, 0.2) is 16.3 Å². The molecule has 0 aliphatic carbocycles. The number of carbonyl (C=O) groups excluding carboxylic acids is 1. The maximum absolute atomic E-state index is 14.1. The van der Waals surface area contributed by atoms with Crippen LogP contribution in [0.2, 0.25) is 0 Å². The van der Waals surface area contributed by atoms with Crippen LogP contribution in [0.3, 0.4) is 0 Å². The second kappa shape index (κ2) is 12.1. The van der Waals surface area contributed by atoms with E-state index in [1.165, 1.54) is 29.2 Å². The molecule has 3 aromatic carbocycles. The molecule has 9 heteroatoms. The molecule has 1 aromatic heterocycles. The van der Waals surface area contributed by atoms with Crippen LogP contribution in [0, 0.1) is 12.3 Å². The fourth-order valence-corrected chi connectivity index (χ4v) is 5.74. The topological polar surface area (TPSA) is 88.3 Å². The van der Waals surface area contributed by atoms with Crippen molar-refractivity contribution in [3.63, 3.8) is 0 Å². The summed E-state index contributed by atoms with van der Waals surface area (Å²) in [5.74, 6) is 3.56. The minimum absolute atomic E-state index is 0.0861. The van der Waals surface area contributed by atoms with Crippen LogP contribution in [0.25, 0.3) is 16.8 Å². The molecule has 0 N–H and O–H groups in total. The van der Waals surface area contributed by atoms with E-state index >= 15 is 0 Å². The van der Waals surface area contributed by atoms with Crippen molar-refractivity contribution in [2.24, 2.45) is 4.99 Å². The maximum atomic E-state index is 14.1. The molecule has 208 valence electrons. The normalized spacial score (nSPS) is 14.4. The van der Waals surface area contributed by atoms with E-state index in [0.717, 1.165) is 16.3 Å². The molecule has 5 rings (SSSR count). The van der Waals surface area contributed by atoms with Crippen LogP contribution in [0.15, 0.2) is 76.2 Å². The molecule has 0 saturated heterocycles. The Morgan fingerprint density at radius 3 is 2.56 bits per heavy atom. The van der Waals surface area contributed by atoms with Crippen molar-refractivity contribution in [2.75, 3.05) is 26.9 Å². The standard InChI is InChI=1S/C32H28N2O6S/c1-5-16-40-25-14-12-20-10-8-9-11-22(20)23(25)18-28-30(35)34-29(24(31(36)37-4)19-33-32(34)41-28)21-13-15-26(38-6-2)27(17-21)39-7-3/h1,8-15,17-19,29H,6-7,16H2,2-4H3/b28-18+/t29-/m1/s1. The highest BCUT2D eigenvalue weighted by Gasteiger charge is 2.31. The Kier molecular flexibility index (Phi) is 8.22. The summed E-state index contributed by atoms with van der Waals surface area (Å²) >= 11 is 1.22. The number of hydrogen-bond donors (Lipinski definition) is 0. The van der Waals surface area contributed by atoms with Gasteiger partial charge in [-0.1, -0.05) is 53.7 Å². The zero-order valence-electron chi connectivity index (χ0n) is 22.9. The molecule has 2 heterocycles. The van der Waals surface area contributed by atoms with E-state index in [4.69, 9.17) is 25.4 Å². The first-order valence-corrected chi connectivity index (χ1v) is 13.9. The average Bonchev–Trinajstić information content (AvgIpc) is 3.31. The largest absolute Gasteiger partial charge is 0.490 e. The van der Waals surface area contributed by atoms with Crippen LogP contribution < -0.4 is 29.1 Å². The number of benzene rings is 3. The molecular formula is C32H28N2O6S. The first kappa shape index (κ1) is 27.7. The smallest absolute Gasteiger partial charge is 0.337 e. The summed E-state index contributed by atoms with van der Waals surface area (Å²) in [7, 11) is 1.30. The lowest BCUT2D eigenvalue weighted by atomic mass is 9.97. The van der Waals surface area contributed by atoms with Crippen molar-refractivity contribution in [2.45, 2.75) is 19.9 Å². The van der Waals surface area contributed by atoms with Gasteiger partial charge in [-0.05, 0) is 54.5 Å². The van der Waals surface area contributed by atoms with Gasteiger partial charge in [-0.15, -0.1) is 6.42 Å². The van der Waals surface area contributed by atoms with Crippen LogP contribution in [-0.2, 0) is 9.53 Å². The van der Waals surface area contributed by atoms with Gasteiger partial charge in [-0.2, -0.15) is 0 Å². The minimum Gasteiger partial charge on any atom is -0.490 e. The van der Waals surface area contributed by atoms with Gasteiger partial charge < -0.3 is 18.9 Å². The third kappa shape index (κ3) is 5.34. The molecule has 0 saturated carbocycles. The molecule has 41 heavy (non-hydrogen) atoms. The van der Waals surface area contributed by atoms with Gasteiger partial charge in [0.1, 0.15) is 12.4 Å². The number of fused-ring (bicyclic) bond motifs is 2. The first-order chi connectivity index (χ1) is 20.0. The summed E-state index contributed by atoms with van der Waals surface area (Å²) in [6.45, 7) is 4.73. The van der Waals surface area contributed by atoms with E-state index in [1.807, 2.05) is 56.3 Å². The number of terminal acetylenes is 1. The molecule has 0 amide bonds. The van der Waals surface area contributed by atoms with E-state index in [0.29, 0.717) is 45.4 Å². The molecule has 0 bridgehead atoms. The number of nitrogens with zero attached hydrogens (tertiary/aromatic N) is 2. The number of rotatable bonds is 9. The van der Waals surface area contributed by atoms with Gasteiger partial charge in [-0.3, -0.25) is 9.36 Å². The molecule has 8 nitrogen and oxygen atoms in total. The quantitative estimate of drug-likeness (QED) is 0.224. The van der Waals surface area contributed by atoms with Crippen molar-refractivity contribution in [3.8, 4) is 29.6 Å². The predicted molar refractivity (Wildman–Crippen MR) is 158 cm³/mol. The zero-order chi connectivity index (χ0) is 28.9. The second-order valence-corrected chi connectivity index (χ2v) is 9.95. The highest BCUT2D eigenvalue weighted by Crippen LogP contribution is 2.35. The van der Waals surface area contributed by atoms with Crippen LogP contribution in [-0.4, -0.2) is 37.5 Å². The maximum Gasteiger partial charge on any atom is 0.337 e. The second-order valence-electron chi connectivity index (χ2n) is 8.94. The molecule has 4 aromatic rings. The number of ether oxygens (including phenoxy) is 4. The summed E-state index contributed by atoms with van der Waals surface area (Å²) in [6, 6.07) is 16.2. The molecular weight excluding hydrogens is 540 g/mol. The van der Waals surface area contributed by atoms with E-state index in [1.54, 1.807) is 18.2 Å². The minimum atomic E-state index is -0.791. The predicted octanol–water partition coefficient (Wildman–Crippen LogP) is 3.98. The number of esters is 1. The monoisotopic (exact) mass is 568 g/mol. The molecule has 0 radical (unpaired) electrons. The van der Waals surface area contributed by atoms with Crippen molar-refractivity contribution in [1.29, 1.82) is 0 Å². The summed E-state index contributed by atoms with van der Waals surface area (Å²) in [5, 5.41) is 1.90. The fraction of sp³-hybridized carbons (Fsp3) is 0.219. The molecule has 0 unspecified atom stereocenters. The van der Waals surface area contributed by atoms with Gasteiger partial charge >= 0.3 is 5.97 Å². The van der Waals surface area contributed by atoms with Crippen molar-refractivity contribution in [3.05, 3.63) is 97.2 Å². The van der Waals surface area contributed by atoms with E-state index in [-0.39, 0.29) is 17.7 Å². The Bertz CT molecular complexity index is 1880. The average molecular weight is 569 g/mol. The van der Waals surface area contributed by atoms with Crippen molar-refractivity contribution >= 4 is 34.2 Å². The SMILES string of the molecule is C#CCOc1ccc2ccccc2c1/C=c1/sc2n(c1=O)[C@H](c1ccc(OCC)c(OCC)c1)C(C(=O)OC)=CN=2. The number of hydrogen-bond acceptors (Lipinski definition) is 8. The van der Waals surface area contributed by atoms with Crippen LogP contribution in [0.4, 0.5) is 0 Å². The lowest BCUT2D eigenvalue weighted by Gasteiger charge is -2.23. The third-order valence-corrected chi connectivity index (χ3v) is 7.52. The van der Waals surface area contributed by atoms with E-state index in [2.05, 4.69) is 10.9 Å². The van der Waals surface area contributed by atoms with Crippen molar-refractivity contribution < 1.29 is 23.7 Å². The summed E-state index contributed by atoms with van der Waals surface area (Å²) in [5.41, 5.74) is 1.29. The van der Waals surface area contributed by atoms with Crippen LogP contribution in [0.1, 0.15) is 31.0 Å². The number of thiazole rings is 1. The van der Waals surface area contributed by atoms with Crippen molar-refractivity contribution in [1.82, 2.24) is 4.57 Å². The Balaban J connectivity index is 1.73. The summed E-state index contributed by atoms with van der Waals surface area (Å²) < 4.78 is 24.4. The van der Waals surface area contributed by atoms with Gasteiger partial charge in [0, 0.05) is 11.8 Å². The Morgan fingerprint density at radius 2 is 1.80 bits per heavy atom. The highest BCUT2D eigenvalue weighted by atomic mass is 32.1. The van der Waals surface area contributed by atoms with E-state index in [9.17, 15) is 9.59 Å². The number of carbonyl (C=O) groups is 1. The zero-order valence-corrected chi connectivity index (χ0v) is 23.7. The van der Waals surface area contributed by atoms with Crippen LogP contribution >= 0.6 is 11.3 Å². The highest BCUT2D eigenvalue weighted by molar-refractivity contribution is 7.07. The molecule has 1 aliphatic heterocycles. The van der Waals surface area contributed by atoms with Gasteiger partial charge in [0.2, 0.25) is 0 Å².